The minimum Gasteiger partial charge on any atom is -0.392 e. The lowest BCUT2D eigenvalue weighted by Gasteiger charge is -2.32. The van der Waals surface area contributed by atoms with Crippen LogP contribution < -0.4 is 0 Å². The molecule has 0 radical (unpaired) electrons. The summed E-state index contributed by atoms with van der Waals surface area (Å²) in [5, 5.41) is 10.9. The van der Waals surface area contributed by atoms with E-state index in [2.05, 4.69) is 22.0 Å². The van der Waals surface area contributed by atoms with Crippen LogP contribution in [0.15, 0.2) is 60.7 Å². The molecule has 27 heavy (non-hydrogen) atoms. The molecular formula is C22H25N3O2. The van der Waals surface area contributed by atoms with E-state index in [1.54, 1.807) is 0 Å². The Labute approximate surface area is 159 Å². The third kappa shape index (κ3) is 3.75. The van der Waals surface area contributed by atoms with Gasteiger partial charge in [-0.1, -0.05) is 48.5 Å². The molecule has 0 spiro atoms. The molecule has 0 unspecified atom stereocenters. The lowest BCUT2D eigenvalue weighted by molar-refractivity contribution is 0.0685. The molecule has 2 atom stereocenters. The number of amides is 1. The van der Waals surface area contributed by atoms with Crippen molar-refractivity contribution in [2.45, 2.75) is 18.6 Å². The van der Waals surface area contributed by atoms with Crippen molar-refractivity contribution in [1.82, 2.24) is 14.8 Å². The SMILES string of the molecule is CN(C(=O)c1cc2ccccc2[nH]1)[C@H](CN1CC[C@H](O)C1)c1ccccc1. The largest absolute Gasteiger partial charge is 0.392 e. The summed E-state index contributed by atoms with van der Waals surface area (Å²) in [4.78, 5) is 20.5. The highest BCUT2D eigenvalue weighted by molar-refractivity contribution is 5.98. The van der Waals surface area contributed by atoms with Gasteiger partial charge in [-0.3, -0.25) is 9.69 Å². The number of aromatic nitrogens is 1. The van der Waals surface area contributed by atoms with Crippen LogP contribution >= 0.6 is 0 Å². The van der Waals surface area contributed by atoms with Crippen molar-refractivity contribution in [3.05, 3.63) is 71.9 Å². The molecule has 1 fully saturated rings. The number of nitrogens with zero attached hydrogens (tertiary/aromatic N) is 2. The number of rotatable bonds is 5. The van der Waals surface area contributed by atoms with Crippen molar-refractivity contribution in [1.29, 1.82) is 0 Å². The molecule has 5 heteroatoms. The Morgan fingerprint density at radius 3 is 2.67 bits per heavy atom. The molecule has 4 rings (SSSR count). The van der Waals surface area contributed by atoms with Crippen LogP contribution in [0.1, 0.15) is 28.5 Å². The molecular weight excluding hydrogens is 338 g/mol. The highest BCUT2D eigenvalue weighted by Crippen LogP contribution is 2.25. The maximum Gasteiger partial charge on any atom is 0.270 e. The fraction of sp³-hybridized carbons (Fsp3) is 0.318. The van der Waals surface area contributed by atoms with E-state index in [-0.39, 0.29) is 18.1 Å². The number of β-amino-alcohol motifs (C(OH)–C–C–N with tert-alkyl or cyclic N) is 1. The first kappa shape index (κ1) is 17.8. The van der Waals surface area contributed by atoms with Crippen molar-refractivity contribution in [3.8, 4) is 0 Å². The van der Waals surface area contributed by atoms with Gasteiger partial charge in [0, 0.05) is 37.6 Å². The van der Waals surface area contributed by atoms with Gasteiger partial charge in [-0.2, -0.15) is 0 Å². The number of hydrogen-bond acceptors (Lipinski definition) is 3. The number of fused-ring (bicyclic) bond motifs is 1. The second-order valence-corrected chi connectivity index (χ2v) is 7.31. The summed E-state index contributed by atoms with van der Waals surface area (Å²) in [6.45, 7) is 2.24. The molecule has 5 nitrogen and oxygen atoms in total. The van der Waals surface area contributed by atoms with Crippen molar-refractivity contribution in [2.24, 2.45) is 0 Å². The molecule has 0 saturated carbocycles. The fourth-order valence-corrected chi connectivity index (χ4v) is 3.87. The van der Waals surface area contributed by atoms with E-state index < -0.39 is 0 Å². The second-order valence-electron chi connectivity index (χ2n) is 7.31. The maximum atomic E-state index is 13.2. The summed E-state index contributed by atoms with van der Waals surface area (Å²) in [5.74, 6) is -0.0280. The molecule has 0 bridgehead atoms. The average Bonchev–Trinajstić information content (AvgIpc) is 3.31. The smallest absolute Gasteiger partial charge is 0.270 e. The molecule has 1 aliphatic rings. The Morgan fingerprint density at radius 2 is 1.96 bits per heavy atom. The standard InChI is InChI=1S/C22H25N3O2/c1-24(22(27)20-13-17-9-5-6-10-19(17)23-20)21(16-7-3-2-4-8-16)15-25-12-11-18(26)14-25/h2-10,13,18,21,23,26H,11-12,14-15H2,1H3/t18-,21+/m0/s1. The minimum atomic E-state index is -0.267. The fourth-order valence-electron chi connectivity index (χ4n) is 3.87. The predicted octanol–water partition coefficient (Wildman–Crippen LogP) is 3.05. The van der Waals surface area contributed by atoms with Gasteiger partial charge in [0.05, 0.1) is 12.1 Å². The number of H-pyrrole nitrogens is 1. The Kier molecular flexibility index (Phi) is 4.97. The maximum absolute atomic E-state index is 13.2. The zero-order valence-corrected chi connectivity index (χ0v) is 15.5. The number of aromatic amines is 1. The number of carbonyl (C=O) groups is 1. The van der Waals surface area contributed by atoms with Crippen LogP contribution in [0.2, 0.25) is 0 Å². The van der Waals surface area contributed by atoms with Crippen LogP contribution in [-0.4, -0.2) is 58.6 Å². The third-order valence-corrected chi connectivity index (χ3v) is 5.41. The normalized spacial score (nSPS) is 18.7. The quantitative estimate of drug-likeness (QED) is 0.732. The summed E-state index contributed by atoms with van der Waals surface area (Å²) in [6, 6.07) is 19.9. The number of likely N-dealkylation sites (tertiary alicyclic amines) is 1. The molecule has 140 valence electrons. The topological polar surface area (TPSA) is 59.6 Å². The van der Waals surface area contributed by atoms with E-state index in [1.165, 1.54) is 0 Å². The molecule has 1 aliphatic heterocycles. The van der Waals surface area contributed by atoms with Gasteiger partial charge >= 0.3 is 0 Å². The van der Waals surface area contributed by atoms with E-state index in [4.69, 9.17) is 0 Å². The Hall–Kier alpha value is -2.63. The van der Waals surface area contributed by atoms with Crippen LogP contribution in [0.3, 0.4) is 0 Å². The number of aliphatic hydroxyl groups excluding tert-OH is 1. The number of likely N-dealkylation sites (N-methyl/N-ethyl adjacent to an activating group) is 1. The Morgan fingerprint density at radius 1 is 1.22 bits per heavy atom. The first-order valence-corrected chi connectivity index (χ1v) is 9.42. The molecule has 2 aromatic carbocycles. The average molecular weight is 363 g/mol. The van der Waals surface area contributed by atoms with Gasteiger partial charge in [0.15, 0.2) is 0 Å². The lowest BCUT2D eigenvalue weighted by Crippen LogP contribution is -2.39. The molecule has 2 N–H and O–H groups in total. The molecule has 0 aliphatic carbocycles. The van der Waals surface area contributed by atoms with Crippen LogP contribution in [0, 0.1) is 0 Å². The summed E-state index contributed by atoms with van der Waals surface area (Å²) in [6.07, 6.45) is 0.525. The van der Waals surface area contributed by atoms with E-state index in [0.29, 0.717) is 18.8 Å². The first-order chi connectivity index (χ1) is 13.1. The van der Waals surface area contributed by atoms with Crippen LogP contribution in [0.5, 0.6) is 0 Å². The van der Waals surface area contributed by atoms with Crippen molar-refractivity contribution in [3.63, 3.8) is 0 Å². The van der Waals surface area contributed by atoms with Gasteiger partial charge in [-0.05, 0) is 24.1 Å². The van der Waals surface area contributed by atoms with Crippen LogP contribution in [0.4, 0.5) is 0 Å². The Balaban J connectivity index is 1.60. The predicted molar refractivity (Wildman–Crippen MR) is 107 cm³/mol. The van der Waals surface area contributed by atoms with Crippen molar-refractivity contribution >= 4 is 16.8 Å². The van der Waals surface area contributed by atoms with Gasteiger partial charge in [0.1, 0.15) is 5.69 Å². The summed E-state index contributed by atoms with van der Waals surface area (Å²) < 4.78 is 0. The van der Waals surface area contributed by atoms with Crippen LogP contribution in [-0.2, 0) is 0 Å². The zero-order valence-electron chi connectivity index (χ0n) is 15.5. The highest BCUT2D eigenvalue weighted by atomic mass is 16.3. The number of benzene rings is 2. The van der Waals surface area contributed by atoms with Crippen molar-refractivity contribution < 1.29 is 9.90 Å². The zero-order chi connectivity index (χ0) is 18.8. The number of hydrogen-bond donors (Lipinski definition) is 2. The number of aliphatic hydroxyl groups is 1. The van der Waals surface area contributed by atoms with Crippen LogP contribution in [0.25, 0.3) is 10.9 Å². The second kappa shape index (κ2) is 7.55. The molecule has 1 amide bonds. The number of para-hydroxylation sites is 1. The van der Waals surface area contributed by atoms with E-state index in [1.807, 2.05) is 60.5 Å². The molecule has 1 aromatic heterocycles. The van der Waals surface area contributed by atoms with Crippen molar-refractivity contribution in [2.75, 3.05) is 26.7 Å². The van der Waals surface area contributed by atoms with Gasteiger partial charge in [-0.15, -0.1) is 0 Å². The van der Waals surface area contributed by atoms with E-state index in [9.17, 15) is 9.90 Å². The summed E-state index contributed by atoms with van der Waals surface area (Å²) in [5.41, 5.74) is 2.67. The monoisotopic (exact) mass is 363 g/mol. The molecule has 1 saturated heterocycles. The van der Waals surface area contributed by atoms with Gasteiger partial charge < -0.3 is 15.0 Å². The summed E-state index contributed by atoms with van der Waals surface area (Å²) in [7, 11) is 1.86. The third-order valence-electron chi connectivity index (χ3n) is 5.41. The molecule has 2 heterocycles. The number of nitrogens with one attached hydrogen (secondary N) is 1. The molecule has 3 aromatic rings. The van der Waals surface area contributed by atoms with E-state index >= 15 is 0 Å². The first-order valence-electron chi connectivity index (χ1n) is 9.42. The van der Waals surface area contributed by atoms with Gasteiger partial charge in [0.25, 0.3) is 5.91 Å². The van der Waals surface area contributed by atoms with Gasteiger partial charge in [0.2, 0.25) is 0 Å². The Bertz CT molecular complexity index is 888. The van der Waals surface area contributed by atoms with Gasteiger partial charge in [-0.25, -0.2) is 0 Å². The highest BCUT2D eigenvalue weighted by Gasteiger charge is 2.29. The lowest BCUT2D eigenvalue weighted by atomic mass is 10.0. The number of carbonyl (C=O) groups excluding carboxylic acids is 1. The minimum absolute atomic E-state index is 0.0280. The summed E-state index contributed by atoms with van der Waals surface area (Å²) >= 11 is 0. The van der Waals surface area contributed by atoms with E-state index in [0.717, 1.165) is 29.4 Å².